The molecular formula is C14H14N2O2. The fourth-order valence-corrected chi connectivity index (χ4v) is 1.84. The number of rotatable bonds is 2. The lowest BCUT2D eigenvalue weighted by Crippen LogP contribution is -2.04. The maximum Gasteiger partial charge on any atom is 0.339 e. The first kappa shape index (κ1) is 12.1. The summed E-state index contributed by atoms with van der Waals surface area (Å²) in [5.74, 6) is -1.02. The van der Waals surface area contributed by atoms with E-state index in [4.69, 9.17) is 10.8 Å². The Bertz CT molecular complexity index is 621. The maximum absolute atomic E-state index is 11.0. The smallest absolute Gasteiger partial charge is 0.339 e. The van der Waals surface area contributed by atoms with Crippen molar-refractivity contribution in [2.24, 2.45) is 0 Å². The maximum atomic E-state index is 11.0. The molecule has 0 aliphatic heterocycles. The van der Waals surface area contributed by atoms with Crippen molar-refractivity contribution in [2.75, 3.05) is 5.73 Å². The number of carbonyl (C=O) groups is 1. The fraction of sp³-hybridized carbons (Fsp3) is 0.143. The van der Waals surface area contributed by atoms with E-state index < -0.39 is 5.97 Å². The molecule has 0 fully saturated rings. The number of carboxylic acids is 1. The van der Waals surface area contributed by atoms with Gasteiger partial charge in [-0.3, -0.25) is 0 Å². The molecule has 0 radical (unpaired) electrons. The molecule has 0 saturated heterocycles. The van der Waals surface area contributed by atoms with Crippen LogP contribution < -0.4 is 5.73 Å². The normalized spacial score (nSPS) is 10.3. The van der Waals surface area contributed by atoms with Gasteiger partial charge in [-0.2, -0.15) is 0 Å². The number of aromatic nitrogens is 1. The van der Waals surface area contributed by atoms with Crippen molar-refractivity contribution >= 4 is 11.8 Å². The zero-order chi connectivity index (χ0) is 13.3. The minimum atomic E-state index is -1.06. The van der Waals surface area contributed by atoms with E-state index in [-0.39, 0.29) is 11.4 Å². The third kappa shape index (κ3) is 2.18. The third-order valence-corrected chi connectivity index (χ3v) is 2.85. The number of anilines is 1. The topological polar surface area (TPSA) is 76.2 Å². The molecule has 92 valence electrons. The van der Waals surface area contributed by atoms with E-state index >= 15 is 0 Å². The molecule has 1 heterocycles. The molecule has 1 aromatic carbocycles. The minimum absolute atomic E-state index is 0.0356. The monoisotopic (exact) mass is 242 g/mol. The first-order valence-corrected chi connectivity index (χ1v) is 5.55. The number of pyridine rings is 1. The van der Waals surface area contributed by atoms with Crippen LogP contribution >= 0.6 is 0 Å². The van der Waals surface area contributed by atoms with Gasteiger partial charge in [-0.05, 0) is 31.0 Å². The van der Waals surface area contributed by atoms with Crippen molar-refractivity contribution in [3.8, 4) is 11.1 Å². The number of aromatic carboxylic acids is 1. The van der Waals surface area contributed by atoms with Crippen molar-refractivity contribution < 1.29 is 9.90 Å². The number of hydrogen-bond donors (Lipinski definition) is 2. The standard InChI is InChI=1S/C14H14N2O2/c1-8-3-4-9(2)11(5-8)10-6-12(14(17)18)13(15)16-7-10/h3-7H,1-2H3,(H2,15,16)(H,17,18). The number of nitrogens with two attached hydrogens (primary N) is 1. The highest BCUT2D eigenvalue weighted by atomic mass is 16.4. The zero-order valence-corrected chi connectivity index (χ0v) is 10.3. The van der Waals surface area contributed by atoms with E-state index in [1.165, 1.54) is 0 Å². The molecular weight excluding hydrogens is 228 g/mol. The SMILES string of the molecule is Cc1ccc(C)c(-c2cnc(N)c(C(=O)O)c2)c1. The molecule has 0 amide bonds. The van der Waals surface area contributed by atoms with Gasteiger partial charge in [-0.15, -0.1) is 0 Å². The van der Waals surface area contributed by atoms with Gasteiger partial charge in [0, 0.05) is 11.8 Å². The molecule has 1 aromatic heterocycles. The Morgan fingerprint density at radius 1 is 1.28 bits per heavy atom. The van der Waals surface area contributed by atoms with Gasteiger partial charge in [0.1, 0.15) is 11.4 Å². The highest BCUT2D eigenvalue weighted by molar-refractivity contribution is 5.94. The molecule has 4 heteroatoms. The molecule has 0 aliphatic rings. The van der Waals surface area contributed by atoms with E-state index in [1.54, 1.807) is 12.3 Å². The van der Waals surface area contributed by atoms with Crippen LogP contribution in [0, 0.1) is 13.8 Å². The number of nitrogen functional groups attached to an aromatic ring is 1. The number of benzene rings is 1. The molecule has 0 spiro atoms. The second kappa shape index (κ2) is 4.49. The highest BCUT2D eigenvalue weighted by Gasteiger charge is 2.12. The van der Waals surface area contributed by atoms with Gasteiger partial charge in [0.15, 0.2) is 0 Å². The van der Waals surface area contributed by atoms with Crippen LogP contribution in [0.4, 0.5) is 5.82 Å². The average molecular weight is 242 g/mol. The average Bonchev–Trinajstić information content (AvgIpc) is 2.33. The van der Waals surface area contributed by atoms with Crippen LogP contribution in [-0.2, 0) is 0 Å². The van der Waals surface area contributed by atoms with Crippen molar-refractivity contribution in [1.82, 2.24) is 4.98 Å². The number of aryl methyl sites for hydroxylation is 2. The Kier molecular flexibility index (Phi) is 3.02. The van der Waals surface area contributed by atoms with E-state index in [0.717, 1.165) is 22.3 Å². The molecule has 0 aliphatic carbocycles. The number of hydrogen-bond acceptors (Lipinski definition) is 3. The molecule has 0 unspecified atom stereocenters. The summed E-state index contributed by atoms with van der Waals surface area (Å²) in [6, 6.07) is 7.59. The van der Waals surface area contributed by atoms with Gasteiger partial charge in [0.05, 0.1) is 0 Å². The van der Waals surface area contributed by atoms with E-state index in [0.29, 0.717) is 0 Å². The van der Waals surface area contributed by atoms with E-state index in [1.807, 2.05) is 32.0 Å². The zero-order valence-electron chi connectivity index (χ0n) is 10.3. The molecule has 2 aromatic rings. The lowest BCUT2D eigenvalue weighted by Gasteiger charge is -2.09. The molecule has 4 nitrogen and oxygen atoms in total. The van der Waals surface area contributed by atoms with Gasteiger partial charge < -0.3 is 10.8 Å². The van der Waals surface area contributed by atoms with Gasteiger partial charge in [0.25, 0.3) is 0 Å². The molecule has 2 rings (SSSR count). The second-order valence-corrected chi connectivity index (χ2v) is 4.28. The summed E-state index contributed by atoms with van der Waals surface area (Å²) in [5, 5.41) is 9.04. The Balaban J connectivity index is 2.61. The van der Waals surface area contributed by atoms with Gasteiger partial charge in [-0.25, -0.2) is 9.78 Å². The molecule has 0 saturated carbocycles. The summed E-state index contributed by atoms with van der Waals surface area (Å²) in [7, 11) is 0. The molecule has 18 heavy (non-hydrogen) atoms. The highest BCUT2D eigenvalue weighted by Crippen LogP contribution is 2.26. The van der Waals surface area contributed by atoms with Gasteiger partial charge >= 0.3 is 5.97 Å². The number of nitrogens with zero attached hydrogens (tertiary/aromatic N) is 1. The fourth-order valence-electron chi connectivity index (χ4n) is 1.84. The molecule has 0 bridgehead atoms. The van der Waals surface area contributed by atoms with Crippen LogP contribution in [0.1, 0.15) is 21.5 Å². The largest absolute Gasteiger partial charge is 0.478 e. The summed E-state index contributed by atoms with van der Waals surface area (Å²) in [6.45, 7) is 3.97. The Morgan fingerprint density at radius 2 is 2.00 bits per heavy atom. The van der Waals surface area contributed by atoms with Crippen molar-refractivity contribution in [3.63, 3.8) is 0 Å². The summed E-state index contributed by atoms with van der Waals surface area (Å²) in [5.41, 5.74) is 9.51. The van der Waals surface area contributed by atoms with Crippen molar-refractivity contribution in [2.45, 2.75) is 13.8 Å². The third-order valence-electron chi connectivity index (χ3n) is 2.85. The lowest BCUT2D eigenvalue weighted by molar-refractivity contribution is 0.0697. The van der Waals surface area contributed by atoms with Crippen LogP contribution in [0.3, 0.4) is 0 Å². The molecule has 0 atom stereocenters. The predicted molar refractivity (Wildman–Crippen MR) is 70.5 cm³/mol. The van der Waals surface area contributed by atoms with Crippen LogP contribution in [-0.4, -0.2) is 16.1 Å². The van der Waals surface area contributed by atoms with Crippen molar-refractivity contribution in [1.29, 1.82) is 0 Å². The van der Waals surface area contributed by atoms with Crippen molar-refractivity contribution in [3.05, 3.63) is 47.2 Å². The Morgan fingerprint density at radius 3 is 2.67 bits per heavy atom. The van der Waals surface area contributed by atoms with Gasteiger partial charge in [-0.1, -0.05) is 23.8 Å². The second-order valence-electron chi connectivity index (χ2n) is 4.28. The summed E-state index contributed by atoms with van der Waals surface area (Å²) >= 11 is 0. The minimum Gasteiger partial charge on any atom is -0.478 e. The quantitative estimate of drug-likeness (QED) is 0.848. The Hall–Kier alpha value is -2.36. The van der Waals surface area contributed by atoms with Crippen LogP contribution in [0.25, 0.3) is 11.1 Å². The lowest BCUT2D eigenvalue weighted by atomic mass is 9.98. The first-order chi connectivity index (χ1) is 8.49. The van der Waals surface area contributed by atoms with Crippen LogP contribution in [0.15, 0.2) is 30.5 Å². The summed E-state index contributed by atoms with van der Waals surface area (Å²) < 4.78 is 0. The predicted octanol–water partition coefficient (Wildman–Crippen LogP) is 2.65. The summed E-state index contributed by atoms with van der Waals surface area (Å²) in [4.78, 5) is 15.0. The summed E-state index contributed by atoms with van der Waals surface area (Å²) in [6.07, 6.45) is 1.60. The number of carboxylic acid groups (broad SMARTS) is 1. The van der Waals surface area contributed by atoms with Crippen LogP contribution in [0.2, 0.25) is 0 Å². The first-order valence-electron chi connectivity index (χ1n) is 5.55. The Labute approximate surface area is 105 Å². The van der Waals surface area contributed by atoms with Crippen LogP contribution in [0.5, 0.6) is 0 Å². The van der Waals surface area contributed by atoms with E-state index in [2.05, 4.69) is 4.98 Å². The van der Waals surface area contributed by atoms with Gasteiger partial charge in [0.2, 0.25) is 0 Å². The van der Waals surface area contributed by atoms with E-state index in [9.17, 15) is 4.79 Å². The molecule has 3 N–H and O–H groups in total.